The minimum absolute atomic E-state index is 0.123. The molecule has 1 fully saturated rings. The molecule has 0 amide bonds. The lowest BCUT2D eigenvalue weighted by Crippen LogP contribution is -2.46. The summed E-state index contributed by atoms with van der Waals surface area (Å²) in [4.78, 5) is 2.41. The summed E-state index contributed by atoms with van der Waals surface area (Å²) in [5, 5.41) is 4.41. The van der Waals surface area contributed by atoms with E-state index in [2.05, 4.69) is 14.7 Å². The zero-order chi connectivity index (χ0) is 17.4. The third-order valence-electron chi connectivity index (χ3n) is 3.97. The molecule has 1 aliphatic heterocycles. The Balaban J connectivity index is 2.18. The van der Waals surface area contributed by atoms with Crippen LogP contribution in [0.2, 0.25) is 0 Å². The van der Waals surface area contributed by atoms with E-state index in [1.165, 1.54) is 0 Å². The molecule has 8 heteroatoms. The van der Waals surface area contributed by atoms with Crippen LogP contribution in [0.3, 0.4) is 0 Å². The normalized spacial score (nSPS) is 20.9. The molecule has 0 spiro atoms. The van der Waals surface area contributed by atoms with E-state index in [-0.39, 0.29) is 23.1 Å². The van der Waals surface area contributed by atoms with Crippen LogP contribution in [-0.2, 0) is 20.3 Å². The molecule has 1 N–H and O–H groups in total. The standard InChI is InChI=1S/C15H28N4O3S/c1-11-14(12(2)19(17-11)15(3,4)5)23(20,21)16-9-13-10-18(6)7-8-22-13/h13,16H,7-10H2,1-6H3. The van der Waals surface area contributed by atoms with Crippen molar-refractivity contribution in [3.8, 4) is 0 Å². The van der Waals surface area contributed by atoms with Crippen LogP contribution in [0.5, 0.6) is 0 Å². The maximum absolute atomic E-state index is 12.7. The van der Waals surface area contributed by atoms with E-state index < -0.39 is 10.0 Å². The largest absolute Gasteiger partial charge is 0.374 e. The second-order valence-corrected chi connectivity index (χ2v) is 8.89. The number of aryl methyl sites for hydroxylation is 1. The molecule has 7 nitrogen and oxygen atoms in total. The summed E-state index contributed by atoms with van der Waals surface area (Å²) in [5.74, 6) is 0. The zero-order valence-corrected chi connectivity index (χ0v) is 15.7. The van der Waals surface area contributed by atoms with Crippen LogP contribution < -0.4 is 4.72 Å². The lowest BCUT2D eigenvalue weighted by Gasteiger charge is -2.30. The lowest BCUT2D eigenvalue weighted by atomic mass is 10.1. The predicted molar refractivity (Wildman–Crippen MR) is 89.1 cm³/mol. The van der Waals surface area contributed by atoms with Gasteiger partial charge in [-0.25, -0.2) is 13.1 Å². The van der Waals surface area contributed by atoms with E-state index >= 15 is 0 Å². The molecule has 0 saturated carbocycles. The van der Waals surface area contributed by atoms with Crippen LogP contribution in [0, 0.1) is 13.8 Å². The van der Waals surface area contributed by atoms with E-state index in [0.717, 1.165) is 13.1 Å². The third kappa shape index (κ3) is 4.12. The zero-order valence-electron chi connectivity index (χ0n) is 14.9. The van der Waals surface area contributed by atoms with Gasteiger partial charge in [0, 0.05) is 19.6 Å². The first-order valence-corrected chi connectivity index (χ1v) is 9.37. The van der Waals surface area contributed by atoms with Crippen LogP contribution in [0.1, 0.15) is 32.2 Å². The summed E-state index contributed by atoms with van der Waals surface area (Å²) >= 11 is 0. The Hall–Kier alpha value is -0.960. The molecular weight excluding hydrogens is 316 g/mol. The number of aromatic nitrogens is 2. The number of likely N-dealkylation sites (N-methyl/N-ethyl adjacent to an activating group) is 1. The van der Waals surface area contributed by atoms with Gasteiger partial charge in [-0.2, -0.15) is 5.10 Å². The Kier molecular flexibility index (Phi) is 5.20. The lowest BCUT2D eigenvalue weighted by molar-refractivity contribution is -0.0156. The van der Waals surface area contributed by atoms with Gasteiger partial charge < -0.3 is 9.64 Å². The van der Waals surface area contributed by atoms with E-state index in [4.69, 9.17) is 4.74 Å². The van der Waals surface area contributed by atoms with Gasteiger partial charge in [0.25, 0.3) is 0 Å². The fourth-order valence-electron chi connectivity index (χ4n) is 2.94. The summed E-state index contributed by atoms with van der Waals surface area (Å²) in [6.45, 7) is 12.0. The molecule has 0 aromatic carbocycles. The van der Waals surface area contributed by atoms with Gasteiger partial charge in [-0.3, -0.25) is 4.68 Å². The number of morpholine rings is 1. The molecule has 1 atom stereocenters. The molecule has 2 rings (SSSR count). The maximum atomic E-state index is 12.7. The molecule has 23 heavy (non-hydrogen) atoms. The molecule has 1 aliphatic rings. The highest BCUT2D eigenvalue weighted by Gasteiger charge is 2.29. The molecule has 0 aliphatic carbocycles. The first-order chi connectivity index (χ1) is 10.5. The second kappa shape index (κ2) is 6.51. The molecule has 0 bridgehead atoms. The average molecular weight is 344 g/mol. The molecule has 2 heterocycles. The summed E-state index contributed by atoms with van der Waals surface area (Å²) in [7, 11) is -1.60. The first kappa shape index (κ1) is 18.4. The summed E-state index contributed by atoms with van der Waals surface area (Å²) in [6, 6.07) is 0. The van der Waals surface area contributed by atoms with Crippen LogP contribution >= 0.6 is 0 Å². The van der Waals surface area contributed by atoms with Gasteiger partial charge in [0.1, 0.15) is 4.90 Å². The van der Waals surface area contributed by atoms with Gasteiger partial charge in [0.15, 0.2) is 0 Å². The number of nitrogens with one attached hydrogen (secondary N) is 1. The molecule has 1 aromatic rings. The van der Waals surface area contributed by atoms with Crippen molar-refractivity contribution in [1.82, 2.24) is 19.4 Å². The fraction of sp³-hybridized carbons (Fsp3) is 0.800. The van der Waals surface area contributed by atoms with Gasteiger partial charge in [-0.15, -0.1) is 0 Å². The summed E-state index contributed by atoms with van der Waals surface area (Å²) in [5.41, 5.74) is 0.911. The smallest absolute Gasteiger partial charge is 0.244 e. The van der Waals surface area contributed by atoms with E-state index in [1.54, 1.807) is 18.5 Å². The second-order valence-electron chi connectivity index (χ2n) is 7.19. The molecule has 132 valence electrons. The van der Waals surface area contributed by atoms with Crippen molar-refractivity contribution < 1.29 is 13.2 Å². The highest BCUT2D eigenvalue weighted by Crippen LogP contribution is 2.24. The van der Waals surface area contributed by atoms with Gasteiger partial charge >= 0.3 is 0 Å². The minimum Gasteiger partial charge on any atom is -0.374 e. The van der Waals surface area contributed by atoms with Crippen LogP contribution in [0.15, 0.2) is 4.90 Å². The number of hydrogen-bond acceptors (Lipinski definition) is 5. The summed E-state index contributed by atoms with van der Waals surface area (Å²) in [6.07, 6.45) is -0.123. The van der Waals surface area contributed by atoms with Crippen molar-refractivity contribution in [3.63, 3.8) is 0 Å². The number of rotatable bonds is 4. The number of nitrogens with zero attached hydrogens (tertiary/aromatic N) is 3. The molecule has 0 radical (unpaired) electrons. The van der Waals surface area contributed by atoms with Crippen molar-refractivity contribution in [2.24, 2.45) is 0 Å². The average Bonchev–Trinajstić information content (AvgIpc) is 2.72. The van der Waals surface area contributed by atoms with Gasteiger partial charge in [0.2, 0.25) is 10.0 Å². The number of hydrogen-bond donors (Lipinski definition) is 1. The first-order valence-electron chi connectivity index (χ1n) is 7.89. The van der Waals surface area contributed by atoms with Crippen molar-refractivity contribution in [2.45, 2.75) is 51.2 Å². The molecule has 1 aromatic heterocycles. The topological polar surface area (TPSA) is 76.5 Å². The van der Waals surface area contributed by atoms with E-state index in [9.17, 15) is 8.42 Å². The van der Waals surface area contributed by atoms with Crippen LogP contribution in [0.4, 0.5) is 0 Å². The molecular formula is C15H28N4O3S. The maximum Gasteiger partial charge on any atom is 0.244 e. The van der Waals surface area contributed by atoms with Crippen LogP contribution in [-0.4, -0.2) is 62.5 Å². The Morgan fingerprint density at radius 1 is 1.35 bits per heavy atom. The Bertz CT molecular complexity index is 661. The van der Waals surface area contributed by atoms with E-state index in [1.807, 2.05) is 27.8 Å². The van der Waals surface area contributed by atoms with Gasteiger partial charge in [0.05, 0.1) is 29.6 Å². The fourth-order valence-corrected chi connectivity index (χ4v) is 4.39. The Morgan fingerprint density at radius 2 is 2.00 bits per heavy atom. The highest BCUT2D eigenvalue weighted by atomic mass is 32.2. The van der Waals surface area contributed by atoms with Gasteiger partial charge in [-0.1, -0.05) is 0 Å². The monoisotopic (exact) mass is 344 g/mol. The van der Waals surface area contributed by atoms with Crippen molar-refractivity contribution in [1.29, 1.82) is 0 Å². The van der Waals surface area contributed by atoms with Crippen LogP contribution in [0.25, 0.3) is 0 Å². The third-order valence-corrected chi connectivity index (χ3v) is 5.65. The Labute approximate surface area is 139 Å². The highest BCUT2D eigenvalue weighted by molar-refractivity contribution is 7.89. The predicted octanol–water partition coefficient (Wildman–Crippen LogP) is 0.864. The quantitative estimate of drug-likeness (QED) is 0.877. The Morgan fingerprint density at radius 3 is 2.52 bits per heavy atom. The van der Waals surface area contributed by atoms with Gasteiger partial charge in [-0.05, 0) is 41.7 Å². The SMILES string of the molecule is Cc1nn(C(C)(C)C)c(C)c1S(=O)(=O)NCC1CN(C)CCO1. The van der Waals surface area contributed by atoms with Crippen molar-refractivity contribution in [2.75, 3.05) is 33.3 Å². The number of sulfonamides is 1. The summed E-state index contributed by atoms with van der Waals surface area (Å²) < 4.78 is 35.5. The molecule has 1 unspecified atom stereocenters. The van der Waals surface area contributed by atoms with Crippen molar-refractivity contribution >= 4 is 10.0 Å². The van der Waals surface area contributed by atoms with Crippen molar-refractivity contribution in [3.05, 3.63) is 11.4 Å². The minimum atomic E-state index is -3.61. The number of ether oxygens (including phenoxy) is 1. The van der Waals surface area contributed by atoms with E-state index in [0.29, 0.717) is 18.0 Å². The molecule has 1 saturated heterocycles.